The van der Waals surface area contributed by atoms with E-state index in [0.717, 1.165) is 27.2 Å². The first-order chi connectivity index (χ1) is 8.13. The number of imidazole rings is 1. The summed E-state index contributed by atoms with van der Waals surface area (Å²) in [5.74, 6) is 0.745. The molecular formula is C11H10BrN5. The fourth-order valence-electron chi connectivity index (χ4n) is 1.67. The van der Waals surface area contributed by atoms with Gasteiger partial charge in [0.25, 0.3) is 0 Å². The third-order valence-corrected chi connectivity index (χ3v) is 3.09. The van der Waals surface area contributed by atoms with Crippen molar-refractivity contribution in [3.8, 4) is 11.5 Å². The van der Waals surface area contributed by atoms with E-state index in [1.165, 1.54) is 0 Å². The number of halogens is 1. The van der Waals surface area contributed by atoms with E-state index in [4.69, 9.17) is 0 Å². The second kappa shape index (κ2) is 3.66. The van der Waals surface area contributed by atoms with Crippen LogP contribution >= 0.6 is 15.9 Å². The number of aromatic nitrogens is 5. The normalized spacial score (nSPS) is 11.2. The third-order valence-electron chi connectivity index (χ3n) is 2.66. The minimum absolute atomic E-state index is 0.700. The Balaban J connectivity index is 2.17. The number of nitrogens with one attached hydrogen (secondary N) is 1. The Kier molecular flexibility index (Phi) is 2.25. The maximum atomic E-state index is 4.42. The minimum atomic E-state index is 0.700. The van der Waals surface area contributed by atoms with Crippen molar-refractivity contribution in [2.45, 2.75) is 6.92 Å². The van der Waals surface area contributed by atoms with Gasteiger partial charge in [-0.15, -0.1) is 0 Å². The molecule has 0 amide bonds. The highest BCUT2D eigenvalue weighted by atomic mass is 79.9. The number of rotatable bonds is 1. The van der Waals surface area contributed by atoms with Crippen molar-refractivity contribution in [3.05, 3.63) is 28.5 Å². The van der Waals surface area contributed by atoms with Crippen molar-refractivity contribution in [1.29, 1.82) is 0 Å². The number of pyridine rings is 1. The van der Waals surface area contributed by atoms with Gasteiger partial charge >= 0.3 is 0 Å². The molecule has 3 rings (SSSR count). The van der Waals surface area contributed by atoms with Crippen LogP contribution in [0.4, 0.5) is 0 Å². The van der Waals surface area contributed by atoms with Gasteiger partial charge in [-0.3, -0.25) is 4.68 Å². The molecule has 3 aromatic rings. The zero-order valence-electron chi connectivity index (χ0n) is 9.40. The van der Waals surface area contributed by atoms with Crippen LogP contribution in [0.2, 0.25) is 0 Å². The maximum absolute atomic E-state index is 4.42. The Labute approximate surface area is 106 Å². The Bertz CT molecular complexity index is 678. The van der Waals surface area contributed by atoms with Crippen LogP contribution in [-0.4, -0.2) is 24.7 Å². The zero-order valence-corrected chi connectivity index (χ0v) is 11.0. The van der Waals surface area contributed by atoms with E-state index in [2.05, 4.69) is 36.0 Å². The third kappa shape index (κ3) is 1.74. The fourth-order valence-corrected chi connectivity index (χ4v) is 2.00. The van der Waals surface area contributed by atoms with Gasteiger partial charge in [0.05, 0.1) is 5.52 Å². The van der Waals surface area contributed by atoms with Crippen LogP contribution in [0.15, 0.2) is 22.8 Å². The number of hydrogen-bond acceptors (Lipinski definition) is 3. The molecule has 0 atom stereocenters. The highest BCUT2D eigenvalue weighted by Gasteiger charge is 2.10. The minimum Gasteiger partial charge on any atom is -0.335 e. The van der Waals surface area contributed by atoms with Gasteiger partial charge < -0.3 is 4.98 Å². The molecule has 3 aromatic heterocycles. The topological polar surface area (TPSA) is 59.4 Å². The van der Waals surface area contributed by atoms with E-state index < -0.39 is 0 Å². The van der Waals surface area contributed by atoms with Crippen LogP contribution < -0.4 is 0 Å². The molecule has 0 aliphatic rings. The average molecular weight is 292 g/mol. The lowest BCUT2D eigenvalue weighted by atomic mass is 10.3. The van der Waals surface area contributed by atoms with Crippen molar-refractivity contribution in [2.24, 2.45) is 7.05 Å². The molecule has 0 aromatic carbocycles. The predicted octanol–water partition coefficient (Wildman–Crippen LogP) is 2.43. The molecule has 5 nitrogen and oxygen atoms in total. The largest absolute Gasteiger partial charge is 0.335 e. The first-order valence-corrected chi connectivity index (χ1v) is 5.95. The van der Waals surface area contributed by atoms with Gasteiger partial charge in [0.1, 0.15) is 5.69 Å². The van der Waals surface area contributed by atoms with Gasteiger partial charge in [0, 0.05) is 23.4 Å². The highest BCUT2D eigenvalue weighted by Crippen LogP contribution is 2.20. The number of nitrogens with zero attached hydrogens (tertiary/aromatic N) is 4. The molecule has 17 heavy (non-hydrogen) atoms. The Morgan fingerprint density at radius 2 is 2.18 bits per heavy atom. The van der Waals surface area contributed by atoms with Gasteiger partial charge in [0.15, 0.2) is 11.5 Å². The second-order valence-electron chi connectivity index (χ2n) is 3.90. The molecule has 0 saturated heterocycles. The van der Waals surface area contributed by atoms with Gasteiger partial charge in [-0.05, 0) is 35.0 Å². The quantitative estimate of drug-likeness (QED) is 0.749. The van der Waals surface area contributed by atoms with Crippen LogP contribution in [0.25, 0.3) is 22.7 Å². The van der Waals surface area contributed by atoms with Gasteiger partial charge in [-0.25, -0.2) is 9.97 Å². The lowest BCUT2D eigenvalue weighted by molar-refractivity contribution is 0.741. The second-order valence-corrected chi connectivity index (χ2v) is 4.82. The monoisotopic (exact) mass is 291 g/mol. The molecule has 0 fully saturated rings. The van der Waals surface area contributed by atoms with E-state index >= 15 is 0 Å². The molecule has 0 saturated carbocycles. The molecular weight excluding hydrogens is 282 g/mol. The summed E-state index contributed by atoms with van der Waals surface area (Å²) in [6.45, 7) is 2.01. The van der Waals surface area contributed by atoms with Crippen LogP contribution in [-0.2, 0) is 7.05 Å². The van der Waals surface area contributed by atoms with Gasteiger partial charge in [-0.2, -0.15) is 5.10 Å². The van der Waals surface area contributed by atoms with E-state index in [1.807, 2.05) is 30.8 Å². The first-order valence-electron chi connectivity index (χ1n) is 5.16. The van der Waals surface area contributed by atoms with Gasteiger partial charge in [0.2, 0.25) is 0 Å². The van der Waals surface area contributed by atoms with Crippen LogP contribution in [0, 0.1) is 6.92 Å². The summed E-state index contributed by atoms with van der Waals surface area (Å²) in [6.07, 6.45) is 1.73. The molecule has 0 aliphatic carbocycles. The van der Waals surface area contributed by atoms with Crippen LogP contribution in [0.1, 0.15) is 5.69 Å². The van der Waals surface area contributed by atoms with Crippen molar-refractivity contribution in [3.63, 3.8) is 0 Å². The SMILES string of the molecule is Cc1cc(-c2nc3ncc(Br)cc3[nH]2)nn1C. The summed E-state index contributed by atoms with van der Waals surface area (Å²) >= 11 is 3.38. The summed E-state index contributed by atoms with van der Waals surface area (Å²) in [7, 11) is 1.91. The first kappa shape index (κ1) is 10.5. The molecule has 0 radical (unpaired) electrons. The molecule has 0 bridgehead atoms. The summed E-state index contributed by atoms with van der Waals surface area (Å²) in [5.41, 5.74) is 3.53. The van der Waals surface area contributed by atoms with E-state index in [1.54, 1.807) is 6.20 Å². The standard InChI is InChI=1S/C11H10BrN5/c1-6-3-9(16-17(6)2)11-14-8-4-7(12)5-13-10(8)15-11/h3-5H,1-2H3,(H,13,14,15). The lowest BCUT2D eigenvalue weighted by Crippen LogP contribution is -1.92. The Hall–Kier alpha value is -1.69. The summed E-state index contributed by atoms with van der Waals surface area (Å²) in [4.78, 5) is 11.9. The van der Waals surface area contributed by atoms with E-state index in [-0.39, 0.29) is 0 Å². The molecule has 0 unspecified atom stereocenters. The number of aryl methyl sites for hydroxylation is 2. The summed E-state index contributed by atoms with van der Waals surface area (Å²) < 4.78 is 2.75. The Morgan fingerprint density at radius 1 is 1.35 bits per heavy atom. The maximum Gasteiger partial charge on any atom is 0.178 e. The lowest BCUT2D eigenvalue weighted by Gasteiger charge is -1.89. The average Bonchev–Trinajstić information content (AvgIpc) is 2.83. The number of fused-ring (bicyclic) bond motifs is 1. The van der Waals surface area contributed by atoms with Crippen molar-refractivity contribution >= 4 is 27.1 Å². The molecule has 6 heteroatoms. The van der Waals surface area contributed by atoms with Crippen LogP contribution in [0.3, 0.4) is 0 Å². The molecule has 86 valence electrons. The number of H-pyrrole nitrogens is 1. The molecule has 0 spiro atoms. The van der Waals surface area contributed by atoms with Crippen LogP contribution in [0.5, 0.6) is 0 Å². The van der Waals surface area contributed by atoms with Crippen molar-refractivity contribution < 1.29 is 0 Å². The summed E-state index contributed by atoms with van der Waals surface area (Å²) in [5, 5.41) is 4.38. The fraction of sp³-hybridized carbons (Fsp3) is 0.182. The molecule has 3 heterocycles. The van der Waals surface area contributed by atoms with E-state index in [9.17, 15) is 0 Å². The number of aromatic amines is 1. The zero-order chi connectivity index (χ0) is 12.0. The molecule has 0 aliphatic heterocycles. The number of hydrogen-bond donors (Lipinski definition) is 1. The van der Waals surface area contributed by atoms with E-state index in [0.29, 0.717) is 5.65 Å². The van der Waals surface area contributed by atoms with Gasteiger partial charge in [-0.1, -0.05) is 0 Å². The van der Waals surface area contributed by atoms with Crippen molar-refractivity contribution in [1.82, 2.24) is 24.7 Å². The highest BCUT2D eigenvalue weighted by molar-refractivity contribution is 9.10. The summed E-state index contributed by atoms with van der Waals surface area (Å²) in [6, 6.07) is 3.95. The molecule has 1 N–H and O–H groups in total. The predicted molar refractivity (Wildman–Crippen MR) is 68.5 cm³/mol. The smallest absolute Gasteiger partial charge is 0.178 e. The Morgan fingerprint density at radius 3 is 2.88 bits per heavy atom. The van der Waals surface area contributed by atoms with Crippen molar-refractivity contribution in [2.75, 3.05) is 0 Å².